The van der Waals surface area contributed by atoms with Crippen LogP contribution in [-0.2, 0) is 4.74 Å². The van der Waals surface area contributed by atoms with Gasteiger partial charge in [0.2, 0.25) is 0 Å². The maximum atomic E-state index is 5.65. The van der Waals surface area contributed by atoms with Crippen LogP contribution in [0.25, 0.3) is 0 Å². The van der Waals surface area contributed by atoms with E-state index in [4.69, 9.17) is 9.47 Å². The smallest absolute Gasteiger partial charge is 0.122 e. The molecule has 0 unspecified atom stereocenters. The molecule has 1 rings (SSSR count). The number of benzene rings is 1. The number of hydrogen-bond acceptors (Lipinski definition) is 2. The topological polar surface area (TPSA) is 18.5 Å². The Bertz CT molecular complexity index is 319. The van der Waals surface area contributed by atoms with Crippen LogP contribution in [0, 0.1) is 19.8 Å². The van der Waals surface area contributed by atoms with Crippen LogP contribution < -0.4 is 4.74 Å². The van der Waals surface area contributed by atoms with Crippen molar-refractivity contribution in [3.8, 4) is 5.75 Å². The normalized spacial score (nSPS) is 10.8. The van der Waals surface area contributed by atoms with Gasteiger partial charge in [-0.3, -0.25) is 0 Å². The van der Waals surface area contributed by atoms with Gasteiger partial charge in [-0.05, 0) is 31.4 Å². The molecular weight excluding hydrogens is 200 g/mol. The third-order valence-electron chi connectivity index (χ3n) is 2.27. The van der Waals surface area contributed by atoms with Gasteiger partial charge >= 0.3 is 0 Å². The van der Waals surface area contributed by atoms with Gasteiger partial charge in [-0.2, -0.15) is 0 Å². The van der Waals surface area contributed by atoms with Gasteiger partial charge in [-0.25, -0.2) is 0 Å². The van der Waals surface area contributed by atoms with E-state index in [0.717, 1.165) is 12.4 Å². The lowest BCUT2D eigenvalue weighted by Crippen LogP contribution is -2.10. The van der Waals surface area contributed by atoms with Crippen molar-refractivity contribution >= 4 is 0 Å². The van der Waals surface area contributed by atoms with Crippen LogP contribution in [0.1, 0.15) is 25.0 Å². The largest absolute Gasteiger partial charge is 0.491 e. The van der Waals surface area contributed by atoms with E-state index in [1.165, 1.54) is 11.1 Å². The lowest BCUT2D eigenvalue weighted by Gasteiger charge is -2.10. The van der Waals surface area contributed by atoms with Gasteiger partial charge in [0.15, 0.2) is 0 Å². The summed E-state index contributed by atoms with van der Waals surface area (Å²) in [5.41, 5.74) is 2.45. The Balaban J connectivity index is 2.27. The number of ether oxygens (including phenoxy) is 2. The Hall–Kier alpha value is -1.02. The molecule has 0 fully saturated rings. The van der Waals surface area contributed by atoms with E-state index in [2.05, 4.69) is 39.8 Å². The molecule has 0 heterocycles. The van der Waals surface area contributed by atoms with Gasteiger partial charge < -0.3 is 9.47 Å². The molecule has 90 valence electrons. The van der Waals surface area contributed by atoms with E-state index in [1.807, 2.05) is 6.07 Å². The SMILES string of the molecule is Cc1ccc(OCCOCC(C)C)c(C)c1. The van der Waals surface area contributed by atoms with E-state index in [0.29, 0.717) is 19.1 Å². The third-order valence-corrected chi connectivity index (χ3v) is 2.27. The number of rotatable bonds is 6. The zero-order chi connectivity index (χ0) is 12.0. The minimum Gasteiger partial charge on any atom is -0.491 e. The predicted octanol–water partition coefficient (Wildman–Crippen LogP) is 3.35. The highest BCUT2D eigenvalue weighted by molar-refractivity contribution is 5.35. The van der Waals surface area contributed by atoms with Crippen molar-refractivity contribution in [2.75, 3.05) is 19.8 Å². The molecule has 0 amide bonds. The summed E-state index contributed by atoms with van der Waals surface area (Å²) in [4.78, 5) is 0. The van der Waals surface area contributed by atoms with E-state index >= 15 is 0 Å². The van der Waals surface area contributed by atoms with Crippen LogP contribution in [0.2, 0.25) is 0 Å². The Morgan fingerprint density at radius 1 is 1.12 bits per heavy atom. The molecule has 0 saturated heterocycles. The van der Waals surface area contributed by atoms with Crippen LogP contribution in [-0.4, -0.2) is 19.8 Å². The van der Waals surface area contributed by atoms with Crippen LogP contribution in [0.15, 0.2) is 18.2 Å². The van der Waals surface area contributed by atoms with Crippen LogP contribution in [0.3, 0.4) is 0 Å². The van der Waals surface area contributed by atoms with Crippen molar-refractivity contribution in [1.29, 1.82) is 0 Å². The zero-order valence-electron chi connectivity index (χ0n) is 10.7. The van der Waals surface area contributed by atoms with Gasteiger partial charge in [0.05, 0.1) is 6.61 Å². The summed E-state index contributed by atoms with van der Waals surface area (Å²) in [5, 5.41) is 0. The highest BCUT2D eigenvalue weighted by Gasteiger charge is 1.99. The summed E-state index contributed by atoms with van der Waals surface area (Å²) in [6, 6.07) is 6.22. The average Bonchev–Trinajstić information content (AvgIpc) is 2.20. The quantitative estimate of drug-likeness (QED) is 0.687. The fourth-order valence-corrected chi connectivity index (χ4v) is 1.49. The van der Waals surface area contributed by atoms with Gasteiger partial charge in [0.25, 0.3) is 0 Å². The van der Waals surface area contributed by atoms with Crippen LogP contribution in [0.5, 0.6) is 5.75 Å². The molecule has 0 N–H and O–H groups in total. The summed E-state index contributed by atoms with van der Waals surface area (Å²) in [6.07, 6.45) is 0. The fourth-order valence-electron chi connectivity index (χ4n) is 1.49. The first-order valence-electron chi connectivity index (χ1n) is 5.87. The average molecular weight is 222 g/mol. The summed E-state index contributed by atoms with van der Waals surface area (Å²) in [7, 11) is 0. The monoisotopic (exact) mass is 222 g/mol. The van der Waals surface area contributed by atoms with E-state index in [9.17, 15) is 0 Å². The Morgan fingerprint density at radius 2 is 1.88 bits per heavy atom. The molecule has 0 bridgehead atoms. The first-order valence-corrected chi connectivity index (χ1v) is 5.87. The summed E-state index contributed by atoms with van der Waals surface area (Å²) >= 11 is 0. The molecule has 2 nitrogen and oxygen atoms in total. The molecule has 2 heteroatoms. The summed E-state index contributed by atoms with van der Waals surface area (Å²) < 4.78 is 11.1. The molecule has 0 aliphatic rings. The highest BCUT2D eigenvalue weighted by Crippen LogP contribution is 2.18. The van der Waals surface area contributed by atoms with E-state index < -0.39 is 0 Å². The predicted molar refractivity (Wildman–Crippen MR) is 67.1 cm³/mol. The highest BCUT2D eigenvalue weighted by atomic mass is 16.5. The molecule has 0 radical (unpaired) electrons. The van der Waals surface area contributed by atoms with Gasteiger partial charge in [0.1, 0.15) is 12.4 Å². The molecule has 0 spiro atoms. The molecule has 0 atom stereocenters. The second-order valence-corrected chi connectivity index (χ2v) is 4.59. The minimum absolute atomic E-state index is 0.584. The lowest BCUT2D eigenvalue weighted by molar-refractivity contribution is 0.0817. The minimum atomic E-state index is 0.584. The van der Waals surface area contributed by atoms with Crippen LogP contribution >= 0.6 is 0 Å². The lowest BCUT2D eigenvalue weighted by atomic mass is 10.1. The van der Waals surface area contributed by atoms with Crippen LogP contribution in [0.4, 0.5) is 0 Å². The van der Waals surface area contributed by atoms with E-state index in [-0.39, 0.29) is 0 Å². The van der Waals surface area contributed by atoms with Gasteiger partial charge in [0, 0.05) is 6.61 Å². The van der Waals surface area contributed by atoms with E-state index in [1.54, 1.807) is 0 Å². The third kappa shape index (κ3) is 4.67. The molecule has 1 aromatic carbocycles. The molecule has 0 saturated carbocycles. The van der Waals surface area contributed by atoms with Crippen molar-refractivity contribution in [3.05, 3.63) is 29.3 Å². The standard InChI is InChI=1S/C14H22O2/c1-11(2)10-15-7-8-16-14-6-5-12(3)9-13(14)4/h5-6,9,11H,7-8,10H2,1-4H3. The van der Waals surface area contributed by atoms with Crippen molar-refractivity contribution in [2.45, 2.75) is 27.7 Å². The Kier molecular flexibility index (Phi) is 5.33. The Labute approximate surface area is 98.6 Å². The van der Waals surface area contributed by atoms with Crippen molar-refractivity contribution in [3.63, 3.8) is 0 Å². The molecule has 0 aromatic heterocycles. The maximum absolute atomic E-state index is 5.65. The second-order valence-electron chi connectivity index (χ2n) is 4.59. The maximum Gasteiger partial charge on any atom is 0.122 e. The van der Waals surface area contributed by atoms with Crippen molar-refractivity contribution < 1.29 is 9.47 Å². The summed E-state index contributed by atoms with van der Waals surface area (Å²) in [5.74, 6) is 1.54. The first-order chi connectivity index (χ1) is 7.59. The second kappa shape index (κ2) is 6.54. The molecule has 0 aliphatic carbocycles. The number of aryl methyl sites for hydroxylation is 2. The molecular formula is C14H22O2. The Morgan fingerprint density at radius 3 is 2.50 bits per heavy atom. The summed E-state index contributed by atoms with van der Waals surface area (Å²) in [6.45, 7) is 10.5. The molecule has 1 aromatic rings. The first kappa shape index (κ1) is 13.0. The zero-order valence-corrected chi connectivity index (χ0v) is 10.7. The van der Waals surface area contributed by atoms with Crippen molar-refractivity contribution in [2.24, 2.45) is 5.92 Å². The molecule has 0 aliphatic heterocycles. The fraction of sp³-hybridized carbons (Fsp3) is 0.571. The van der Waals surface area contributed by atoms with Crippen molar-refractivity contribution in [1.82, 2.24) is 0 Å². The van der Waals surface area contributed by atoms with Gasteiger partial charge in [-0.1, -0.05) is 31.5 Å². The van der Waals surface area contributed by atoms with Gasteiger partial charge in [-0.15, -0.1) is 0 Å². The molecule has 16 heavy (non-hydrogen) atoms. The number of hydrogen-bond donors (Lipinski definition) is 0.